The maximum Gasteiger partial charge on any atom is 0.257 e. The van der Waals surface area contributed by atoms with Crippen molar-refractivity contribution in [3.05, 3.63) is 66.7 Å². The molecule has 0 aliphatic carbocycles. The van der Waals surface area contributed by atoms with Gasteiger partial charge in [-0.05, 0) is 42.5 Å². The fourth-order valence-electron chi connectivity index (χ4n) is 3.47. The first-order valence-corrected chi connectivity index (χ1v) is 13.4. The molecule has 2 heterocycles. The van der Waals surface area contributed by atoms with E-state index in [4.69, 9.17) is 4.42 Å². The largest absolute Gasteiger partial charge is 0.431 e. The first kappa shape index (κ1) is 21.1. The van der Waals surface area contributed by atoms with Crippen molar-refractivity contribution in [3.8, 4) is 0 Å². The summed E-state index contributed by atoms with van der Waals surface area (Å²) in [5.41, 5.74) is 2.65. The summed E-state index contributed by atoms with van der Waals surface area (Å²) in [7, 11) is -3.33. The fraction of sp³-hybridized carbons (Fsp3) is 0.130. The third-order valence-electron chi connectivity index (χ3n) is 5.08. The molecule has 1 aromatic heterocycles. The zero-order valence-electron chi connectivity index (χ0n) is 17.0. The van der Waals surface area contributed by atoms with Crippen molar-refractivity contribution in [2.75, 3.05) is 16.4 Å². The molecule has 9 heteroatoms. The number of sulfone groups is 1. The van der Waals surface area contributed by atoms with Crippen LogP contribution in [0.1, 0.15) is 6.92 Å². The molecule has 0 bridgehead atoms. The van der Waals surface area contributed by atoms with E-state index >= 15 is 0 Å². The minimum absolute atomic E-state index is 0.0174. The van der Waals surface area contributed by atoms with Crippen LogP contribution in [0, 0.1) is 0 Å². The fourth-order valence-corrected chi connectivity index (χ4v) is 6.11. The SMILES string of the molecule is CCS(=O)(=O)c1ccc2oc(SCC(=O)N3c4ccccc4Sc4ccccc43)nc2c1. The van der Waals surface area contributed by atoms with Crippen molar-refractivity contribution in [3.63, 3.8) is 0 Å². The van der Waals surface area contributed by atoms with Crippen molar-refractivity contribution >= 4 is 61.7 Å². The van der Waals surface area contributed by atoms with Crippen LogP contribution in [0.15, 0.2) is 91.1 Å². The van der Waals surface area contributed by atoms with Gasteiger partial charge in [-0.15, -0.1) is 0 Å². The summed E-state index contributed by atoms with van der Waals surface area (Å²) in [6.07, 6.45) is 0. The quantitative estimate of drug-likeness (QED) is 0.345. The van der Waals surface area contributed by atoms with Crippen molar-refractivity contribution in [1.29, 1.82) is 0 Å². The molecule has 32 heavy (non-hydrogen) atoms. The highest BCUT2D eigenvalue weighted by Gasteiger charge is 2.28. The van der Waals surface area contributed by atoms with Crippen LogP contribution in [0.3, 0.4) is 0 Å². The molecule has 3 aromatic carbocycles. The van der Waals surface area contributed by atoms with Crippen LogP contribution in [-0.4, -0.2) is 30.8 Å². The van der Waals surface area contributed by atoms with E-state index in [1.165, 1.54) is 23.9 Å². The Hall–Kier alpha value is -2.75. The Bertz CT molecular complexity index is 1400. The summed E-state index contributed by atoms with van der Waals surface area (Å²) in [5, 5.41) is 0.326. The molecule has 0 saturated heterocycles. The Labute approximate surface area is 193 Å². The van der Waals surface area contributed by atoms with Crippen molar-refractivity contribution < 1.29 is 17.6 Å². The van der Waals surface area contributed by atoms with Crippen LogP contribution in [-0.2, 0) is 14.6 Å². The number of amides is 1. The number of anilines is 2. The first-order valence-electron chi connectivity index (χ1n) is 9.91. The summed E-state index contributed by atoms with van der Waals surface area (Å²) in [6.45, 7) is 1.60. The molecule has 0 atom stereocenters. The van der Waals surface area contributed by atoms with Gasteiger partial charge in [-0.1, -0.05) is 54.7 Å². The minimum atomic E-state index is -3.33. The molecule has 1 amide bonds. The van der Waals surface area contributed by atoms with E-state index < -0.39 is 9.84 Å². The van der Waals surface area contributed by atoms with Crippen LogP contribution < -0.4 is 4.90 Å². The molecule has 5 rings (SSSR count). The molecule has 0 radical (unpaired) electrons. The van der Waals surface area contributed by atoms with Crippen molar-refractivity contribution in [2.24, 2.45) is 0 Å². The molecule has 162 valence electrons. The smallest absolute Gasteiger partial charge is 0.257 e. The standard InChI is InChI=1S/C23H18N2O4S3/c1-2-32(27,28)15-11-12-19-16(13-15)24-23(29-19)30-14-22(26)25-17-7-3-5-9-20(17)31-21-10-6-4-8-18(21)25/h3-13H,2,14H2,1H3. The van der Waals surface area contributed by atoms with Gasteiger partial charge < -0.3 is 4.42 Å². The second-order valence-electron chi connectivity index (χ2n) is 7.07. The zero-order valence-corrected chi connectivity index (χ0v) is 19.5. The third kappa shape index (κ3) is 3.80. The Morgan fingerprint density at radius 1 is 1.03 bits per heavy atom. The Balaban J connectivity index is 1.40. The van der Waals surface area contributed by atoms with Crippen molar-refractivity contribution in [1.82, 2.24) is 4.98 Å². The van der Waals surface area contributed by atoms with Gasteiger partial charge in [0.2, 0.25) is 5.91 Å². The third-order valence-corrected chi connectivity index (χ3v) is 8.75. The van der Waals surface area contributed by atoms with Crippen LogP contribution in [0.25, 0.3) is 11.1 Å². The number of hydrogen-bond donors (Lipinski definition) is 0. The van der Waals surface area contributed by atoms with Crippen LogP contribution >= 0.6 is 23.5 Å². The predicted molar refractivity (Wildman–Crippen MR) is 127 cm³/mol. The number of nitrogens with zero attached hydrogens (tertiary/aromatic N) is 2. The van der Waals surface area contributed by atoms with Gasteiger partial charge in [-0.25, -0.2) is 13.4 Å². The number of rotatable bonds is 5. The van der Waals surface area contributed by atoms with Gasteiger partial charge in [-0.3, -0.25) is 9.69 Å². The van der Waals surface area contributed by atoms with Crippen LogP contribution in [0.4, 0.5) is 11.4 Å². The second-order valence-corrected chi connectivity index (χ2v) is 11.4. The summed E-state index contributed by atoms with van der Waals surface area (Å²) in [4.78, 5) is 21.7. The molecule has 0 saturated carbocycles. The maximum absolute atomic E-state index is 13.3. The average molecular weight is 483 g/mol. The lowest BCUT2D eigenvalue weighted by atomic mass is 10.2. The lowest BCUT2D eigenvalue weighted by Crippen LogP contribution is -2.29. The second kappa shape index (κ2) is 8.31. The number of hydrogen-bond acceptors (Lipinski definition) is 7. The van der Waals surface area contributed by atoms with E-state index in [0.29, 0.717) is 16.3 Å². The number of oxazole rings is 1. The van der Waals surface area contributed by atoms with Gasteiger partial charge in [0, 0.05) is 9.79 Å². The van der Waals surface area contributed by atoms with E-state index in [9.17, 15) is 13.2 Å². The molecule has 4 aromatic rings. The Morgan fingerprint density at radius 3 is 2.34 bits per heavy atom. The van der Waals surface area contributed by atoms with Gasteiger partial charge in [0.15, 0.2) is 15.4 Å². The van der Waals surface area contributed by atoms with Crippen LogP contribution in [0.5, 0.6) is 0 Å². The molecular weight excluding hydrogens is 464 g/mol. The maximum atomic E-state index is 13.3. The van der Waals surface area contributed by atoms with Gasteiger partial charge in [0.1, 0.15) is 5.52 Å². The van der Waals surface area contributed by atoms with Gasteiger partial charge >= 0.3 is 0 Å². The Morgan fingerprint density at radius 2 is 1.69 bits per heavy atom. The lowest BCUT2D eigenvalue weighted by molar-refractivity contribution is -0.115. The number of fused-ring (bicyclic) bond motifs is 3. The lowest BCUT2D eigenvalue weighted by Gasteiger charge is -2.30. The summed E-state index contributed by atoms with van der Waals surface area (Å²) in [6, 6.07) is 20.3. The molecular formula is C23H18N2O4S3. The highest BCUT2D eigenvalue weighted by Crippen LogP contribution is 2.48. The summed E-state index contributed by atoms with van der Waals surface area (Å²) < 4.78 is 30.0. The molecule has 0 spiro atoms. The number of aromatic nitrogens is 1. The number of thioether (sulfide) groups is 1. The van der Waals surface area contributed by atoms with Gasteiger partial charge in [0.25, 0.3) is 5.22 Å². The molecule has 1 aliphatic rings. The Kier molecular flexibility index (Phi) is 5.48. The van der Waals surface area contributed by atoms with Crippen LogP contribution in [0.2, 0.25) is 0 Å². The molecule has 6 nitrogen and oxygen atoms in total. The number of para-hydroxylation sites is 2. The van der Waals surface area contributed by atoms with E-state index in [-0.39, 0.29) is 22.3 Å². The minimum Gasteiger partial charge on any atom is -0.431 e. The normalized spacial score (nSPS) is 13.1. The molecule has 0 N–H and O–H groups in total. The highest BCUT2D eigenvalue weighted by atomic mass is 32.2. The molecule has 0 unspecified atom stereocenters. The van der Waals surface area contributed by atoms with E-state index in [2.05, 4.69) is 4.98 Å². The number of carbonyl (C=O) groups is 1. The molecule has 0 fully saturated rings. The topological polar surface area (TPSA) is 80.5 Å². The number of benzene rings is 3. The highest BCUT2D eigenvalue weighted by molar-refractivity contribution is 8.00. The monoisotopic (exact) mass is 482 g/mol. The van der Waals surface area contributed by atoms with Gasteiger partial charge in [0.05, 0.1) is 27.8 Å². The average Bonchev–Trinajstić information content (AvgIpc) is 3.23. The van der Waals surface area contributed by atoms with Crippen molar-refractivity contribution in [2.45, 2.75) is 26.8 Å². The predicted octanol–water partition coefficient (Wildman–Crippen LogP) is 5.54. The number of carbonyl (C=O) groups excluding carboxylic acids is 1. The van der Waals surface area contributed by atoms with E-state index in [1.54, 1.807) is 29.7 Å². The zero-order chi connectivity index (χ0) is 22.3. The summed E-state index contributed by atoms with van der Waals surface area (Å²) >= 11 is 2.84. The first-order chi connectivity index (χ1) is 15.5. The van der Waals surface area contributed by atoms with E-state index in [1.807, 2.05) is 48.5 Å². The summed E-state index contributed by atoms with van der Waals surface area (Å²) in [5.74, 6) is 0.0517. The van der Waals surface area contributed by atoms with Gasteiger partial charge in [-0.2, -0.15) is 0 Å². The molecule has 1 aliphatic heterocycles. The van der Waals surface area contributed by atoms with E-state index in [0.717, 1.165) is 21.2 Å².